The molecule has 26 heavy (non-hydrogen) atoms. The first-order chi connectivity index (χ1) is 12.5. The van der Waals surface area contributed by atoms with E-state index in [1.807, 2.05) is 41.8 Å². The van der Waals surface area contributed by atoms with E-state index in [9.17, 15) is 4.79 Å². The van der Waals surface area contributed by atoms with E-state index >= 15 is 0 Å². The normalized spacial score (nSPS) is 13.5. The smallest absolute Gasteiger partial charge is 0.260 e. The van der Waals surface area contributed by atoms with Gasteiger partial charge in [-0.15, -0.1) is 10.2 Å². The molecule has 2 aromatic heterocycles. The van der Waals surface area contributed by atoms with Crippen molar-refractivity contribution in [3.8, 4) is 11.5 Å². The number of nitrogens with two attached hydrogens (primary N) is 1. The van der Waals surface area contributed by atoms with Gasteiger partial charge in [-0.05, 0) is 44.5 Å². The molecule has 3 heterocycles. The Morgan fingerprint density at radius 2 is 2.00 bits per heavy atom. The number of fused-ring (bicyclic) bond motifs is 1. The summed E-state index contributed by atoms with van der Waals surface area (Å²) in [5.74, 6) is 1.18. The van der Waals surface area contributed by atoms with Crippen molar-refractivity contribution in [2.24, 2.45) is 0 Å². The molecule has 0 radical (unpaired) electrons. The third-order valence-corrected chi connectivity index (χ3v) is 4.74. The van der Waals surface area contributed by atoms with Crippen LogP contribution in [0.2, 0.25) is 0 Å². The fraction of sp³-hybridized carbons (Fsp3) is 0.263. The summed E-state index contributed by atoms with van der Waals surface area (Å²) in [5.41, 5.74) is 10.0. The van der Waals surface area contributed by atoms with E-state index in [2.05, 4.69) is 29.0 Å². The van der Waals surface area contributed by atoms with Crippen molar-refractivity contribution in [2.45, 2.75) is 33.4 Å². The summed E-state index contributed by atoms with van der Waals surface area (Å²) in [6.45, 7) is 6.49. The molecule has 1 aliphatic heterocycles. The van der Waals surface area contributed by atoms with Gasteiger partial charge >= 0.3 is 0 Å². The number of carbonyl (C=O) groups is 1. The molecule has 0 unspecified atom stereocenters. The molecule has 3 aromatic rings. The van der Waals surface area contributed by atoms with Crippen molar-refractivity contribution < 1.29 is 4.79 Å². The lowest BCUT2D eigenvalue weighted by atomic mass is 10.0. The Morgan fingerprint density at radius 3 is 2.77 bits per heavy atom. The largest absolute Gasteiger partial charge is 0.398 e. The van der Waals surface area contributed by atoms with Crippen molar-refractivity contribution in [1.29, 1.82) is 0 Å². The van der Waals surface area contributed by atoms with E-state index in [4.69, 9.17) is 5.73 Å². The molecule has 0 saturated carbocycles. The molecule has 7 heteroatoms. The second-order valence-electron chi connectivity index (χ2n) is 6.75. The summed E-state index contributed by atoms with van der Waals surface area (Å²) in [5, 5.41) is 8.18. The Kier molecular flexibility index (Phi) is 3.72. The van der Waals surface area contributed by atoms with Gasteiger partial charge in [0.05, 0.1) is 6.54 Å². The summed E-state index contributed by atoms with van der Waals surface area (Å²) in [6, 6.07) is 9.51. The molecular weight excluding hydrogens is 328 g/mol. The van der Waals surface area contributed by atoms with E-state index in [0.29, 0.717) is 35.1 Å². The number of rotatable bonds is 3. The molecular formula is C19H20N6O. The monoisotopic (exact) mass is 348 g/mol. The van der Waals surface area contributed by atoms with Gasteiger partial charge in [0.25, 0.3) is 5.91 Å². The molecule has 1 amide bonds. The number of hydrogen-bond acceptors (Lipinski definition) is 5. The highest BCUT2D eigenvalue weighted by Gasteiger charge is 2.31. The molecule has 0 bridgehead atoms. The van der Waals surface area contributed by atoms with Crippen molar-refractivity contribution in [3.63, 3.8) is 0 Å². The number of amides is 1. The first kappa shape index (κ1) is 16.3. The molecule has 2 N–H and O–H groups in total. The molecule has 7 nitrogen and oxygen atoms in total. The van der Waals surface area contributed by atoms with Crippen LogP contribution in [-0.2, 0) is 6.54 Å². The maximum absolute atomic E-state index is 12.8. The maximum Gasteiger partial charge on any atom is 0.260 e. The van der Waals surface area contributed by atoms with Gasteiger partial charge in [0.1, 0.15) is 17.8 Å². The maximum atomic E-state index is 12.8. The zero-order valence-corrected chi connectivity index (χ0v) is 15.0. The van der Waals surface area contributed by atoms with Gasteiger partial charge in [-0.2, -0.15) is 0 Å². The summed E-state index contributed by atoms with van der Waals surface area (Å²) in [7, 11) is 0. The molecule has 4 rings (SSSR count). The highest BCUT2D eigenvalue weighted by Crippen LogP contribution is 2.33. The Labute approximate surface area is 151 Å². The van der Waals surface area contributed by atoms with Crippen molar-refractivity contribution in [2.75, 3.05) is 10.6 Å². The number of anilines is 2. The van der Waals surface area contributed by atoms with Crippen LogP contribution in [0.1, 0.15) is 41.4 Å². The minimum absolute atomic E-state index is 0.0818. The quantitative estimate of drug-likeness (QED) is 0.735. The van der Waals surface area contributed by atoms with Crippen LogP contribution >= 0.6 is 0 Å². The van der Waals surface area contributed by atoms with Crippen molar-refractivity contribution >= 4 is 17.4 Å². The van der Waals surface area contributed by atoms with Crippen molar-refractivity contribution in [3.05, 3.63) is 53.3 Å². The topological polar surface area (TPSA) is 89.9 Å². The lowest BCUT2D eigenvalue weighted by Crippen LogP contribution is -2.24. The van der Waals surface area contributed by atoms with E-state index < -0.39 is 0 Å². The van der Waals surface area contributed by atoms with Crippen molar-refractivity contribution in [1.82, 2.24) is 19.7 Å². The molecule has 1 aliphatic rings. The molecule has 0 atom stereocenters. The standard InChI is InChI=1S/C19H20N6O/c1-11(2)25-10-21-23-18(25)15-5-4-6-16(22-15)24-9-14-13(19(24)26)8-7-12(3)17(14)20/h4-8,10-11H,9,20H2,1-3H3. The van der Waals surface area contributed by atoms with Crippen LogP contribution in [0.15, 0.2) is 36.7 Å². The highest BCUT2D eigenvalue weighted by atomic mass is 16.2. The van der Waals surface area contributed by atoms with Crippen LogP contribution < -0.4 is 10.6 Å². The number of nitrogen functional groups attached to an aromatic ring is 1. The molecule has 0 fully saturated rings. The van der Waals surface area contributed by atoms with Gasteiger partial charge < -0.3 is 10.3 Å². The Hall–Kier alpha value is -3.22. The number of benzene rings is 1. The van der Waals surface area contributed by atoms with Gasteiger partial charge in [0.15, 0.2) is 5.82 Å². The van der Waals surface area contributed by atoms with E-state index in [-0.39, 0.29) is 11.9 Å². The van der Waals surface area contributed by atoms with Gasteiger partial charge in [-0.1, -0.05) is 12.1 Å². The van der Waals surface area contributed by atoms with Gasteiger partial charge in [0, 0.05) is 22.9 Å². The van der Waals surface area contributed by atoms with Crippen LogP contribution in [0.4, 0.5) is 11.5 Å². The first-order valence-electron chi connectivity index (χ1n) is 8.54. The lowest BCUT2D eigenvalue weighted by molar-refractivity contribution is 0.0996. The number of pyridine rings is 1. The average molecular weight is 348 g/mol. The number of aryl methyl sites for hydroxylation is 1. The fourth-order valence-corrected chi connectivity index (χ4v) is 3.21. The number of hydrogen-bond donors (Lipinski definition) is 1. The molecule has 132 valence electrons. The predicted molar refractivity (Wildman–Crippen MR) is 99.7 cm³/mol. The number of carbonyl (C=O) groups excluding carboxylic acids is 1. The summed E-state index contributed by atoms with van der Waals surface area (Å²) < 4.78 is 1.95. The second-order valence-corrected chi connectivity index (χ2v) is 6.75. The summed E-state index contributed by atoms with van der Waals surface area (Å²) in [6.07, 6.45) is 1.69. The van der Waals surface area contributed by atoms with Gasteiger partial charge in [0.2, 0.25) is 0 Å². The van der Waals surface area contributed by atoms with Crippen LogP contribution in [0.5, 0.6) is 0 Å². The zero-order valence-electron chi connectivity index (χ0n) is 15.0. The second kappa shape index (κ2) is 5.94. The predicted octanol–water partition coefficient (Wildman–Crippen LogP) is 2.97. The Morgan fingerprint density at radius 1 is 1.19 bits per heavy atom. The van der Waals surface area contributed by atoms with Crippen LogP contribution in [0, 0.1) is 6.92 Å². The molecule has 0 saturated heterocycles. The third-order valence-electron chi connectivity index (χ3n) is 4.74. The van der Waals surface area contributed by atoms with Crippen LogP contribution in [-0.4, -0.2) is 25.7 Å². The van der Waals surface area contributed by atoms with Crippen LogP contribution in [0.25, 0.3) is 11.5 Å². The van der Waals surface area contributed by atoms with E-state index in [0.717, 1.165) is 11.1 Å². The number of nitrogens with zero attached hydrogens (tertiary/aromatic N) is 5. The summed E-state index contributed by atoms with van der Waals surface area (Å²) in [4.78, 5) is 19.2. The van der Waals surface area contributed by atoms with E-state index in [1.165, 1.54) is 0 Å². The minimum Gasteiger partial charge on any atom is -0.398 e. The lowest BCUT2D eigenvalue weighted by Gasteiger charge is -2.16. The molecule has 1 aromatic carbocycles. The van der Waals surface area contributed by atoms with Gasteiger partial charge in [-0.3, -0.25) is 9.69 Å². The van der Waals surface area contributed by atoms with Gasteiger partial charge in [-0.25, -0.2) is 4.98 Å². The van der Waals surface area contributed by atoms with E-state index in [1.54, 1.807) is 11.2 Å². The average Bonchev–Trinajstić information content (AvgIpc) is 3.24. The SMILES string of the molecule is Cc1ccc2c(c1N)CN(c1cccc(-c3nncn3C(C)C)n1)C2=O. The first-order valence-corrected chi connectivity index (χ1v) is 8.54. The number of aromatic nitrogens is 4. The summed E-state index contributed by atoms with van der Waals surface area (Å²) >= 11 is 0. The third kappa shape index (κ3) is 2.44. The Balaban J connectivity index is 1.73. The zero-order chi connectivity index (χ0) is 18.4. The molecule has 0 spiro atoms. The minimum atomic E-state index is -0.0818. The fourth-order valence-electron chi connectivity index (χ4n) is 3.21. The highest BCUT2D eigenvalue weighted by molar-refractivity contribution is 6.10. The Bertz CT molecular complexity index is 1010. The van der Waals surface area contributed by atoms with Crippen LogP contribution in [0.3, 0.4) is 0 Å². The molecule has 0 aliphatic carbocycles.